The minimum absolute atomic E-state index is 0.682. The zero-order valence-electron chi connectivity index (χ0n) is 17.9. The molecule has 164 valence electrons. The molecule has 0 aliphatic carbocycles. The van der Waals surface area contributed by atoms with Gasteiger partial charge in [0.15, 0.2) is 5.96 Å². The van der Waals surface area contributed by atoms with Crippen LogP contribution in [0.15, 0.2) is 52.1 Å². The van der Waals surface area contributed by atoms with E-state index in [4.69, 9.17) is 18.9 Å². The van der Waals surface area contributed by atoms with Crippen LogP contribution >= 0.6 is 0 Å². The molecule has 2 heterocycles. The van der Waals surface area contributed by atoms with Crippen LogP contribution in [0.3, 0.4) is 0 Å². The fourth-order valence-corrected chi connectivity index (χ4v) is 3.34. The van der Waals surface area contributed by atoms with Crippen molar-refractivity contribution >= 4 is 5.96 Å². The molecular formula is C23H34N4O3. The van der Waals surface area contributed by atoms with Crippen LogP contribution in [0.5, 0.6) is 5.75 Å². The van der Waals surface area contributed by atoms with Gasteiger partial charge in [0.1, 0.15) is 11.5 Å². The Morgan fingerprint density at radius 1 is 1.10 bits per heavy atom. The van der Waals surface area contributed by atoms with Gasteiger partial charge >= 0.3 is 0 Å². The van der Waals surface area contributed by atoms with Crippen molar-refractivity contribution in [3.05, 3.63) is 54.0 Å². The lowest BCUT2D eigenvalue weighted by atomic mass is 10.1. The maximum atomic E-state index is 5.59. The summed E-state index contributed by atoms with van der Waals surface area (Å²) in [4.78, 5) is 7.17. The van der Waals surface area contributed by atoms with E-state index >= 15 is 0 Å². The number of furan rings is 1. The molecule has 0 unspecified atom stereocenters. The van der Waals surface area contributed by atoms with Crippen molar-refractivity contribution < 1.29 is 13.9 Å². The molecule has 0 radical (unpaired) electrons. The third-order valence-electron chi connectivity index (χ3n) is 4.95. The van der Waals surface area contributed by atoms with Gasteiger partial charge in [-0.15, -0.1) is 0 Å². The Hall–Kier alpha value is -2.51. The third kappa shape index (κ3) is 8.08. The molecule has 0 bridgehead atoms. The van der Waals surface area contributed by atoms with Crippen LogP contribution in [0, 0.1) is 0 Å². The molecule has 1 aliphatic heterocycles. The van der Waals surface area contributed by atoms with Crippen LogP contribution in [0.1, 0.15) is 18.2 Å². The van der Waals surface area contributed by atoms with Crippen molar-refractivity contribution in [3.63, 3.8) is 0 Å². The van der Waals surface area contributed by atoms with Crippen LogP contribution in [-0.4, -0.2) is 69.9 Å². The third-order valence-corrected chi connectivity index (χ3v) is 4.95. The predicted octanol–water partition coefficient (Wildman–Crippen LogP) is 2.33. The summed E-state index contributed by atoms with van der Waals surface area (Å²) in [6, 6.07) is 12.2. The normalized spacial score (nSPS) is 15.2. The summed E-state index contributed by atoms with van der Waals surface area (Å²) in [6.45, 7) is 9.58. The lowest BCUT2D eigenvalue weighted by molar-refractivity contribution is 0.0394. The van der Waals surface area contributed by atoms with Crippen LogP contribution in [0.25, 0.3) is 0 Å². The van der Waals surface area contributed by atoms with E-state index in [0.29, 0.717) is 6.61 Å². The average Bonchev–Trinajstić information content (AvgIpc) is 3.28. The molecule has 1 aromatic carbocycles. The van der Waals surface area contributed by atoms with Gasteiger partial charge in [-0.25, -0.2) is 0 Å². The largest absolute Gasteiger partial charge is 0.494 e. The van der Waals surface area contributed by atoms with Crippen LogP contribution in [0.4, 0.5) is 0 Å². The standard InChI is InChI=1S/C23H34N4O3/c1-2-29-22-6-3-5-20(19-22)8-10-24-23(25-11-9-21-7-4-16-30-21)26-12-13-27-14-17-28-18-15-27/h3-7,16,19H,2,8-15,17-18H2,1H3,(H2,24,25,26). The Morgan fingerprint density at radius 2 is 1.93 bits per heavy atom. The molecule has 2 aromatic rings. The highest BCUT2D eigenvalue weighted by Crippen LogP contribution is 2.13. The number of rotatable bonds is 11. The van der Waals surface area contributed by atoms with Gasteiger partial charge in [0.25, 0.3) is 0 Å². The smallest absolute Gasteiger partial charge is 0.191 e. The zero-order chi connectivity index (χ0) is 20.9. The molecule has 2 N–H and O–H groups in total. The topological polar surface area (TPSA) is 71.3 Å². The van der Waals surface area contributed by atoms with Crippen LogP contribution in [0.2, 0.25) is 0 Å². The molecule has 0 spiro atoms. The van der Waals surface area contributed by atoms with Gasteiger partial charge < -0.3 is 24.5 Å². The number of morpholine rings is 1. The second kappa shape index (κ2) is 12.9. The molecular weight excluding hydrogens is 380 g/mol. The Balaban J connectivity index is 1.47. The highest BCUT2D eigenvalue weighted by molar-refractivity contribution is 5.79. The number of ether oxygens (including phenoxy) is 2. The molecule has 0 amide bonds. The highest BCUT2D eigenvalue weighted by atomic mass is 16.5. The first-order valence-corrected chi connectivity index (χ1v) is 10.9. The summed E-state index contributed by atoms with van der Waals surface area (Å²) < 4.78 is 16.4. The van der Waals surface area contributed by atoms with Gasteiger partial charge in [-0.1, -0.05) is 12.1 Å². The second-order valence-electron chi connectivity index (χ2n) is 7.20. The second-order valence-corrected chi connectivity index (χ2v) is 7.20. The molecule has 1 aromatic heterocycles. The average molecular weight is 415 g/mol. The quantitative estimate of drug-likeness (QED) is 0.434. The van der Waals surface area contributed by atoms with Crippen molar-refractivity contribution in [1.82, 2.24) is 15.5 Å². The van der Waals surface area contributed by atoms with Gasteiger partial charge in [-0.2, -0.15) is 0 Å². The van der Waals surface area contributed by atoms with E-state index in [9.17, 15) is 0 Å². The highest BCUT2D eigenvalue weighted by Gasteiger charge is 2.09. The minimum atomic E-state index is 0.682. The Kier molecular flexibility index (Phi) is 9.56. The van der Waals surface area contributed by atoms with E-state index < -0.39 is 0 Å². The molecule has 3 rings (SSSR count). The number of benzene rings is 1. The molecule has 1 fully saturated rings. The Labute approximate surface area is 179 Å². The molecule has 30 heavy (non-hydrogen) atoms. The number of nitrogens with one attached hydrogen (secondary N) is 2. The van der Waals surface area contributed by atoms with E-state index in [0.717, 1.165) is 82.8 Å². The van der Waals surface area contributed by atoms with Gasteiger partial charge in [-0.3, -0.25) is 9.89 Å². The van der Waals surface area contributed by atoms with Gasteiger partial charge in [0.2, 0.25) is 0 Å². The van der Waals surface area contributed by atoms with Crippen LogP contribution in [-0.2, 0) is 17.6 Å². The number of hydrogen-bond acceptors (Lipinski definition) is 5. The first-order chi connectivity index (χ1) is 14.8. The van der Waals surface area contributed by atoms with E-state index in [1.54, 1.807) is 6.26 Å². The summed E-state index contributed by atoms with van der Waals surface area (Å²) in [5.74, 6) is 2.74. The van der Waals surface area contributed by atoms with Crippen molar-refractivity contribution in [2.45, 2.75) is 19.8 Å². The van der Waals surface area contributed by atoms with Gasteiger partial charge in [0.05, 0.1) is 32.6 Å². The summed E-state index contributed by atoms with van der Waals surface area (Å²) in [7, 11) is 0. The summed E-state index contributed by atoms with van der Waals surface area (Å²) in [5.41, 5.74) is 1.25. The zero-order valence-corrected chi connectivity index (χ0v) is 17.9. The summed E-state index contributed by atoms with van der Waals surface area (Å²) in [6.07, 6.45) is 3.44. The molecule has 0 saturated carbocycles. The number of aliphatic imine (C=N–C) groups is 1. The fraction of sp³-hybridized carbons (Fsp3) is 0.522. The number of hydrogen-bond donors (Lipinski definition) is 2. The maximum absolute atomic E-state index is 5.59. The first-order valence-electron chi connectivity index (χ1n) is 10.9. The lowest BCUT2D eigenvalue weighted by Gasteiger charge is -2.25. The van der Waals surface area contributed by atoms with Gasteiger partial charge in [-0.05, 0) is 43.2 Å². The summed E-state index contributed by atoms with van der Waals surface area (Å²) >= 11 is 0. The monoisotopic (exact) mass is 414 g/mol. The molecule has 1 saturated heterocycles. The van der Waals surface area contributed by atoms with Gasteiger partial charge in [0, 0.05) is 39.1 Å². The van der Waals surface area contributed by atoms with E-state index in [2.05, 4.69) is 27.7 Å². The van der Waals surface area contributed by atoms with Crippen LogP contribution < -0.4 is 15.4 Å². The maximum Gasteiger partial charge on any atom is 0.191 e. The molecule has 7 heteroatoms. The van der Waals surface area contributed by atoms with Crippen molar-refractivity contribution in [2.24, 2.45) is 4.99 Å². The minimum Gasteiger partial charge on any atom is -0.494 e. The predicted molar refractivity (Wildman–Crippen MR) is 119 cm³/mol. The Morgan fingerprint density at radius 3 is 2.70 bits per heavy atom. The van der Waals surface area contributed by atoms with Crippen molar-refractivity contribution in [1.29, 1.82) is 0 Å². The first kappa shape index (κ1) is 22.2. The molecule has 0 atom stereocenters. The number of nitrogens with zero attached hydrogens (tertiary/aromatic N) is 2. The molecule has 1 aliphatic rings. The van der Waals surface area contributed by atoms with E-state index in [-0.39, 0.29) is 0 Å². The van der Waals surface area contributed by atoms with E-state index in [1.165, 1.54) is 5.56 Å². The summed E-state index contributed by atoms with van der Waals surface area (Å²) in [5, 5.41) is 6.89. The lowest BCUT2D eigenvalue weighted by Crippen LogP contribution is -2.41. The fourth-order valence-electron chi connectivity index (χ4n) is 3.34. The van der Waals surface area contributed by atoms with Crippen molar-refractivity contribution in [2.75, 3.05) is 59.1 Å². The number of guanidine groups is 1. The van der Waals surface area contributed by atoms with E-state index in [1.807, 2.05) is 31.2 Å². The molecule has 7 nitrogen and oxygen atoms in total. The Bertz CT molecular complexity index is 743. The van der Waals surface area contributed by atoms with Crippen molar-refractivity contribution in [3.8, 4) is 5.75 Å². The SMILES string of the molecule is CCOc1cccc(CCNC(=NCCN2CCOCC2)NCCc2ccco2)c1.